The first kappa shape index (κ1) is 29.4. The maximum atomic E-state index is 6.54. The Balaban J connectivity index is 0.957. The lowest BCUT2D eigenvalue weighted by molar-refractivity contribution is 0.658. The van der Waals surface area contributed by atoms with Crippen LogP contribution >= 0.6 is 0 Å². The van der Waals surface area contributed by atoms with E-state index in [0.717, 1.165) is 54.6 Å². The SMILES string of the molecule is c1ccc(-c2c3ccccc3c(-c3ccc4cc(-c5ccc6c(ccc7c8cc9c(cc8oc67)oc6ccccc69)c5)ccc4c3)c3ccccc23)cc1. The number of rotatable bonds is 3. The molecular weight excluding hydrogens is 657 g/mol. The summed E-state index contributed by atoms with van der Waals surface area (Å²) in [6.07, 6.45) is 0. The Labute approximate surface area is 310 Å². The summed E-state index contributed by atoms with van der Waals surface area (Å²) in [5.74, 6) is 0. The van der Waals surface area contributed by atoms with Crippen molar-refractivity contribution in [3.05, 3.63) is 182 Å². The Hall–Kier alpha value is -7.16. The second kappa shape index (κ2) is 11.2. The average Bonchev–Trinajstić information content (AvgIpc) is 3.79. The molecule has 0 spiro atoms. The number of hydrogen-bond donors (Lipinski definition) is 0. The zero-order chi connectivity index (χ0) is 35.3. The first-order valence-electron chi connectivity index (χ1n) is 18.5. The summed E-state index contributed by atoms with van der Waals surface area (Å²) in [5, 5.41) is 14.2. The Bertz CT molecular complexity index is 3430. The molecule has 2 aromatic heterocycles. The Kier molecular flexibility index (Phi) is 6.09. The van der Waals surface area contributed by atoms with Gasteiger partial charge in [-0.25, -0.2) is 0 Å². The molecule has 0 saturated carbocycles. The molecule has 0 N–H and O–H groups in total. The number of para-hydroxylation sites is 1. The largest absolute Gasteiger partial charge is 0.456 e. The Morgan fingerprint density at radius 3 is 1.46 bits per heavy atom. The Morgan fingerprint density at radius 2 is 0.741 bits per heavy atom. The van der Waals surface area contributed by atoms with Crippen LogP contribution in [-0.4, -0.2) is 0 Å². The highest BCUT2D eigenvalue weighted by molar-refractivity contribution is 6.22. The maximum absolute atomic E-state index is 6.54. The van der Waals surface area contributed by atoms with Crippen molar-refractivity contribution < 1.29 is 8.83 Å². The van der Waals surface area contributed by atoms with Crippen LogP contribution in [-0.2, 0) is 0 Å². The van der Waals surface area contributed by atoms with Crippen LogP contribution in [0.2, 0.25) is 0 Å². The quantitative estimate of drug-likeness (QED) is 0.173. The predicted molar refractivity (Wildman–Crippen MR) is 227 cm³/mol. The summed E-state index contributed by atoms with van der Waals surface area (Å²) in [7, 11) is 0. The topological polar surface area (TPSA) is 26.3 Å². The van der Waals surface area contributed by atoms with E-state index in [9.17, 15) is 0 Å². The molecule has 10 aromatic carbocycles. The highest BCUT2D eigenvalue weighted by Crippen LogP contribution is 2.45. The third kappa shape index (κ3) is 4.28. The molecule has 250 valence electrons. The molecule has 0 amide bonds. The lowest BCUT2D eigenvalue weighted by atomic mass is 9.85. The number of benzene rings is 10. The zero-order valence-electron chi connectivity index (χ0n) is 29.1. The molecule has 0 fully saturated rings. The van der Waals surface area contributed by atoms with Gasteiger partial charge < -0.3 is 8.83 Å². The van der Waals surface area contributed by atoms with E-state index in [-0.39, 0.29) is 0 Å². The molecule has 0 aliphatic carbocycles. The maximum Gasteiger partial charge on any atom is 0.143 e. The van der Waals surface area contributed by atoms with E-state index in [2.05, 4.69) is 164 Å². The van der Waals surface area contributed by atoms with Gasteiger partial charge >= 0.3 is 0 Å². The van der Waals surface area contributed by atoms with Crippen molar-refractivity contribution in [3.63, 3.8) is 0 Å². The third-order valence-electron chi connectivity index (χ3n) is 11.4. The van der Waals surface area contributed by atoms with Crippen molar-refractivity contribution in [1.82, 2.24) is 0 Å². The molecule has 12 aromatic rings. The average molecular weight is 687 g/mol. The lowest BCUT2D eigenvalue weighted by Gasteiger charge is -2.18. The Morgan fingerprint density at radius 1 is 0.241 bits per heavy atom. The molecule has 0 aliphatic rings. The van der Waals surface area contributed by atoms with Gasteiger partial charge in [-0.1, -0.05) is 133 Å². The molecule has 0 aliphatic heterocycles. The molecule has 0 unspecified atom stereocenters. The van der Waals surface area contributed by atoms with Gasteiger partial charge in [0.15, 0.2) is 0 Å². The first-order valence-corrected chi connectivity index (χ1v) is 18.5. The normalized spacial score (nSPS) is 12.1. The van der Waals surface area contributed by atoms with Crippen LogP contribution in [0.3, 0.4) is 0 Å². The van der Waals surface area contributed by atoms with Gasteiger partial charge in [-0.2, -0.15) is 0 Å². The van der Waals surface area contributed by atoms with E-state index in [1.165, 1.54) is 65.7 Å². The minimum atomic E-state index is 0.843. The van der Waals surface area contributed by atoms with Crippen molar-refractivity contribution in [2.45, 2.75) is 0 Å². The van der Waals surface area contributed by atoms with Crippen molar-refractivity contribution in [3.8, 4) is 33.4 Å². The van der Waals surface area contributed by atoms with Crippen LogP contribution in [0, 0.1) is 0 Å². The summed E-state index contributed by atoms with van der Waals surface area (Å²) < 4.78 is 12.7. The van der Waals surface area contributed by atoms with E-state index >= 15 is 0 Å². The molecule has 2 heterocycles. The summed E-state index contributed by atoms with van der Waals surface area (Å²) in [5.41, 5.74) is 10.9. The molecule has 2 nitrogen and oxygen atoms in total. The van der Waals surface area contributed by atoms with E-state index in [0.29, 0.717) is 0 Å². The molecule has 12 rings (SSSR count). The van der Waals surface area contributed by atoms with Crippen LogP contribution in [0.5, 0.6) is 0 Å². The van der Waals surface area contributed by atoms with Gasteiger partial charge in [0.1, 0.15) is 22.3 Å². The highest BCUT2D eigenvalue weighted by Gasteiger charge is 2.18. The van der Waals surface area contributed by atoms with Gasteiger partial charge in [-0.05, 0) is 114 Å². The molecule has 0 saturated heterocycles. The van der Waals surface area contributed by atoms with Crippen LogP contribution in [0.4, 0.5) is 0 Å². The predicted octanol–water partition coefficient (Wildman–Crippen LogP) is 15.1. The minimum Gasteiger partial charge on any atom is -0.456 e. The van der Waals surface area contributed by atoms with Gasteiger partial charge in [0.2, 0.25) is 0 Å². The fourth-order valence-electron chi connectivity index (χ4n) is 8.90. The van der Waals surface area contributed by atoms with Gasteiger partial charge in [-0.15, -0.1) is 0 Å². The van der Waals surface area contributed by atoms with Crippen molar-refractivity contribution >= 4 is 87.0 Å². The summed E-state index contributed by atoms with van der Waals surface area (Å²) in [6, 6.07) is 65.8. The standard InChI is InChI=1S/C52H30O2/c1-2-10-31(11-3-1)50-40-13-4-6-15-42(40)51(43-16-7-5-14-41(43)50)37-21-20-33-26-32(18-19-34(33)28-37)35-22-24-38-36(27-35)23-25-44-46-29-45-39-12-8-9-17-47(39)53-48(45)30-49(46)54-52(38)44/h1-30H. The van der Waals surface area contributed by atoms with Gasteiger partial charge in [0.25, 0.3) is 0 Å². The lowest BCUT2D eigenvalue weighted by Crippen LogP contribution is -1.90. The highest BCUT2D eigenvalue weighted by atomic mass is 16.3. The molecule has 54 heavy (non-hydrogen) atoms. The zero-order valence-corrected chi connectivity index (χ0v) is 29.1. The molecule has 0 atom stereocenters. The second-order valence-electron chi connectivity index (χ2n) is 14.4. The molecule has 0 radical (unpaired) electrons. The van der Waals surface area contributed by atoms with E-state index in [4.69, 9.17) is 8.83 Å². The van der Waals surface area contributed by atoms with E-state index < -0.39 is 0 Å². The minimum absolute atomic E-state index is 0.843. The van der Waals surface area contributed by atoms with E-state index in [1.54, 1.807) is 0 Å². The van der Waals surface area contributed by atoms with Gasteiger partial charge in [-0.3, -0.25) is 0 Å². The number of fused-ring (bicyclic) bond motifs is 11. The smallest absolute Gasteiger partial charge is 0.143 e. The molecule has 2 heteroatoms. The first-order chi connectivity index (χ1) is 26.7. The van der Waals surface area contributed by atoms with Gasteiger partial charge in [0.05, 0.1) is 0 Å². The second-order valence-corrected chi connectivity index (χ2v) is 14.4. The fraction of sp³-hybridized carbons (Fsp3) is 0. The fourth-order valence-corrected chi connectivity index (χ4v) is 8.90. The van der Waals surface area contributed by atoms with E-state index in [1.807, 2.05) is 18.2 Å². The number of hydrogen-bond acceptors (Lipinski definition) is 2. The monoisotopic (exact) mass is 686 g/mol. The molecular formula is C52H30O2. The summed E-state index contributed by atoms with van der Waals surface area (Å²) >= 11 is 0. The van der Waals surface area contributed by atoms with Crippen LogP contribution in [0.15, 0.2) is 191 Å². The van der Waals surface area contributed by atoms with Crippen LogP contribution in [0.1, 0.15) is 0 Å². The van der Waals surface area contributed by atoms with Crippen molar-refractivity contribution in [2.24, 2.45) is 0 Å². The third-order valence-corrected chi connectivity index (χ3v) is 11.4. The van der Waals surface area contributed by atoms with Crippen LogP contribution in [0.25, 0.3) is 120 Å². The van der Waals surface area contributed by atoms with Gasteiger partial charge in [0, 0.05) is 33.0 Å². The van der Waals surface area contributed by atoms with Crippen molar-refractivity contribution in [2.75, 3.05) is 0 Å². The van der Waals surface area contributed by atoms with Crippen LogP contribution < -0.4 is 0 Å². The molecule has 0 bridgehead atoms. The summed E-state index contributed by atoms with van der Waals surface area (Å²) in [6.45, 7) is 0. The number of furan rings is 2. The summed E-state index contributed by atoms with van der Waals surface area (Å²) in [4.78, 5) is 0. The van der Waals surface area contributed by atoms with Crippen molar-refractivity contribution in [1.29, 1.82) is 0 Å².